The summed E-state index contributed by atoms with van der Waals surface area (Å²) < 4.78 is 5.52. The van der Waals surface area contributed by atoms with Gasteiger partial charge in [-0.2, -0.15) is 0 Å². The van der Waals surface area contributed by atoms with E-state index in [1.165, 1.54) is 38.5 Å². The number of unbranched alkanes of at least 4 members (excludes halogenated alkanes) is 1. The number of benzene rings is 1. The first-order valence-corrected chi connectivity index (χ1v) is 14.7. The number of carbonyl (C=O) groups excluding carboxylic acids is 1. The number of likely N-dealkylation sites (tertiary alicyclic amines) is 1. The highest BCUT2D eigenvalue weighted by Gasteiger charge is 2.41. The molecule has 1 N–H and O–H groups in total. The first-order chi connectivity index (χ1) is 17.1. The van der Waals surface area contributed by atoms with Crippen LogP contribution in [0.25, 0.3) is 0 Å². The van der Waals surface area contributed by atoms with Crippen LogP contribution in [0.5, 0.6) is 0 Å². The molecular weight excluding hydrogens is 434 g/mol. The minimum atomic E-state index is -0.892. The van der Waals surface area contributed by atoms with Crippen molar-refractivity contribution in [3.8, 4) is 0 Å². The van der Waals surface area contributed by atoms with E-state index >= 15 is 0 Å². The normalized spacial score (nSPS) is 22.0. The lowest BCUT2D eigenvalue weighted by molar-refractivity contribution is -0.138. The number of aliphatic hydroxyl groups is 1. The molecule has 1 amide bonds. The Morgan fingerprint density at radius 2 is 1.86 bits per heavy atom. The summed E-state index contributed by atoms with van der Waals surface area (Å²) in [6, 6.07) is 10.2. The first-order valence-electron chi connectivity index (χ1n) is 14.7. The number of piperidine rings is 1. The van der Waals surface area contributed by atoms with Crippen LogP contribution >= 0.6 is 0 Å². The number of carbonyl (C=O) groups is 1. The van der Waals surface area contributed by atoms with Gasteiger partial charge in [-0.3, -0.25) is 4.79 Å². The van der Waals surface area contributed by atoms with E-state index in [9.17, 15) is 9.90 Å². The predicted molar refractivity (Wildman–Crippen MR) is 144 cm³/mol. The molecule has 0 radical (unpaired) electrons. The third kappa shape index (κ3) is 8.60. The van der Waals surface area contributed by atoms with Gasteiger partial charge in [0.15, 0.2) is 0 Å². The van der Waals surface area contributed by atoms with Crippen LogP contribution < -0.4 is 0 Å². The van der Waals surface area contributed by atoms with Gasteiger partial charge in [0, 0.05) is 38.6 Å². The summed E-state index contributed by atoms with van der Waals surface area (Å²) in [5.74, 6) is 1.73. The van der Waals surface area contributed by atoms with E-state index in [1.54, 1.807) is 0 Å². The number of hydrogen-bond acceptors (Lipinski definition) is 3. The summed E-state index contributed by atoms with van der Waals surface area (Å²) >= 11 is 0. The molecule has 3 atom stereocenters. The van der Waals surface area contributed by atoms with Crippen LogP contribution in [-0.2, 0) is 15.1 Å². The predicted octanol–water partition coefficient (Wildman–Crippen LogP) is 7.10. The summed E-state index contributed by atoms with van der Waals surface area (Å²) in [4.78, 5) is 15.6. The summed E-state index contributed by atoms with van der Waals surface area (Å²) in [6.07, 6.45) is 15.6. The number of amides is 1. The molecule has 3 rings (SSSR count). The Bertz CT molecular complexity index is 717. The largest absolute Gasteiger partial charge is 0.385 e. The molecular formula is C31H51NO3. The topological polar surface area (TPSA) is 49.8 Å². The SMILES string of the molecule is CCC[C@@H](CC(=O)N1CCC[C@@H](C(O)(CCCCOCC)c2ccccc2)C1)CC1CCCCC1. The maximum Gasteiger partial charge on any atom is 0.222 e. The van der Waals surface area contributed by atoms with Gasteiger partial charge in [-0.15, -0.1) is 0 Å². The van der Waals surface area contributed by atoms with Crippen LogP contribution in [0.15, 0.2) is 30.3 Å². The van der Waals surface area contributed by atoms with E-state index in [0.29, 0.717) is 24.8 Å². The molecule has 1 saturated heterocycles. The van der Waals surface area contributed by atoms with E-state index < -0.39 is 5.60 Å². The van der Waals surface area contributed by atoms with Gasteiger partial charge in [-0.05, 0) is 62.8 Å². The highest BCUT2D eigenvalue weighted by Crippen LogP contribution is 2.40. The standard InChI is InChI=1S/C31H51NO3/c1-3-14-27(23-26-15-7-5-8-16-26)24-30(33)32-21-13-19-29(25-32)31(34,20-11-12-22-35-4-2)28-17-9-6-10-18-28/h6,9-10,17-18,26-27,29,34H,3-5,7-8,11-16,19-25H2,1-2H3/t27-,29-,31?/m1/s1. The lowest BCUT2D eigenvalue weighted by Crippen LogP contribution is -2.48. The van der Waals surface area contributed by atoms with Gasteiger partial charge in [-0.25, -0.2) is 0 Å². The highest BCUT2D eigenvalue weighted by atomic mass is 16.5. The van der Waals surface area contributed by atoms with Gasteiger partial charge in [-0.1, -0.05) is 82.2 Å². The number of nitrogens with zero attached hydrogens (tertiary/aromatic N) is 1. The molecule has 1 aromatic rings. The first kappa shape index (κ1) is 28.2. The molecule has 0 spiro atoms. The summed E-state index contributed by atoms with van der Waals surface area (Å²) in [5.41, 5.74) is 0.106. The minimum Gasteiger partial charge on any atom is -0.385 e. The zero-order valence-electron chi connectivity index (χ0n) is 22.6. The summed E-state index contributed by atoms with van der Waals surface area (Å²) in [6.45, 7) is 7.28. The average Bonchev–Trinajstić information content (AvgIpc) is 2.89. The van der Waals surface area contributed by atoms with Crippen molar-refractivity contribution in [3.63, 3.8) is 0 Å². The van der Waals surface area contributed by atoms with Crippen LogP contribution in [0.1, 0.15) is 109 Å². The van der Waals surface area contributed by atoms with Gasteiger partial charge in [0.25, 0.3) is 0 Å². The second kappa shape index (κ2) is 15.0. The fraction of sp³-hybridized carbons (Fsp3) is 0.774. The Hall–Kier alpha value is -1.39. The van der Waals surface area contributed by atoms with Crippen LogP contribution in [0.2, 0.25) is 0 Å². The van der Waals surface area contributed by atoms with E-state index in [-0.39, 0.29) is 5.92 Å². The molecule has 198 valence electrons. The molecule has 1 heterocycles. The van der Waals surface area contributed by atoms with Crippen LogP contribution in [0.4, 0.5) is 0 Å². The summed E-state index contributed by atoms with van der Waals surface area (Å²) in [7, 11) is 0. The maximum absolute atomic E-state index is 13.5. The monoisotopic (exact) mass is 485 g/mol. The van der Waals surface area contributed by atoms with Crippen LogP contribution in [0.3, 0.4) is 0 Å². The van der Waals surface area contributed by atoms with Gasteiger partial charge in [0.1, 0.15) is 0 Å². The minimum absolute atomic E-state index is 0.0812. The highest BCUT2D eigenvalue weighted by molar-refractivity contribution is 5.76. The Kier molecular flexibility index (Phi) is 12.1. The fourth-order valence-corrected chi connectivity index (χ4v) is 6.63. The second-order valence-corrected chi connectivity index (χ2v) is 11.2. The number of ether oxygens (including phenoxy) is 1. The van der Waals surface area contributed by atoms with E-state index in [2.05, 4.69) is 24.0 Å². The zero-order chi connectivity index (χ0) is 24.9. The number of rotatable bonds is 14. The second-order valence-electron chi connectivity index (χ2n) is 11.2. The molecule has 35 heavy (non-hydrogen) atoms. The Morgan fingerprint density at radius 3 is 2.57 bits per heavy atom. The van der Waals surface area contributed by atoms with E-state index in [4.69, 9.17) is 4.74 Å². The van der Waals surface area contributed by atoms with Gasteiger partial charge < -0.3 is 14.7 Å². The van der Waals surface area contributed by atoms with Crippen molar-refractivity contribution >= 4 is 5.91 Å². The third-order valence-corrected chi connectivity index (χ3v) is 8.58. The van der Waals surface area contributed by atoms with E-state index in [1.807, 2.05) is 25.1 Å². The molecule has 0 aromatic heterocycles. The van der Waals surface area contributed by atoms with Crippen molar-refractivity contribution in [3.05, 3.63) is 35.9 Å². The van der Waals surface area contributed by atoms with Crippen molar-refractivity contribution in [2.75, 3.05) is 26.3 Å². The molecule has 0 bridgehead atoms. The van der Waals surface area contributed by atoms with Gasteiger partial charge in [0.05, 0.1) is 5.60 Å². The number of hydrogen-bond donors (Lipinski definition) is 1. The Balaban J connectivity index is 1.63. The molecule has 1 aliphatic carbocycles. The van der Waals surface area contributed by atoms with Crippen molar-refractivity contribution in [2.45, 2.75) is 109 Å². The molecule has 1 unspecified atom stereocenters. The van der Waals surface area contributed by atoms with Crippen LogP contribution in [0, 0.1) is 17.8 Å². The van der Waals surface area contributed by atoms with Crippen molar-refractivity contribution in [1.29, 1.82) is 0 Å². The third-order valence-electron chi connectivity index (χ3n) is 8.58. The summed E-state index contributed by atoms with van der Waals surface area (Å²) in [5, 5.41) is 12.1. The molecule has 1 aromatic carbocycles. The maximum atomic E-state index is 13.5. The smallest absolute Gasteiger partial charge is 0.222 e. The van der Waals surface area contributed by atoms with Crippen LogP contribution in [-0.4, -0.2) is 42.2 Å². The van der Waals surface area contributed by atoms with Gasteiger partial charge in [0.2, 0.25) is 5.91 Å². The zero-order valence-corrected chi connectivity index (χ0v) is 22.6. The van der Waals surface area contributed by atoms with Crippen molar-refractivity contribution < 1.29 is 14.6 Å². The molecule has 4 heteroatoms. The molecule has 2 aliphatic rings. The molecule has 4 nitrogen and oxygen atoms in total. The van der Waals surface area contributed by atoms with Crippen molar-refractivity contribution in [2.24, 2.45) is 17.8 Å². The molecule has 1 saturated carbocycles. The lowest BCUT2D eigenvalue weighted by Gasteiger charge is -2.43. The Labute approximate surface area is 214 Å². The van der Waals surface area contributed by atoms with E-state index in [0.717, 1.165) is 76.2 Å². The van der Waals surface area contributed by atoms with Crippen molar-refractivity contribution in [1.82, 2.24) is 4.90 Å². The van der Waals surface area contributed by atoms with Gasteiger partial charge >= 0.3 is 0 Å². The average molecular weight is 486 g/mol. The molecule has 2 fully saturated rings. The lowest BCUT2D eigenvalue weighted by atomic mass is 9.74. The fourth-order valence-electron chi connectivity index (χ4n) is 6.63. The Morgan fingerprint density at radius 1 is 1.09 bits per heavy atom. The quantitative estimate of drug-likeness (QED) is 0.286. The molecule has 1 aliphatic heterocycles.